The van der Waals surface area contributed by atoms with E-state index in [-0.39, 0.29) is 48.6 Å². The number of amides is 4. The molecule has 11 rings (SSSR count). The number of fused-ring (bicyclic) bond motifs is 4. The van der Waals surface area contributed by atoms with E-state index in [1.165, 1.54) is 168 Å². The minimum Gasteiger partial charge on any atom is -0.468 e. The molecule has 12 unspecified atom stereocenters. The molecular weight excluding hydrogens is 905 g/mol. The van der Waals surface area contributed by atoms with Crippen molar-refractivity contribution in [1.82, 2.24) is 40.9 Å². The second-order valence-electron chi connectivity index (χ2n) is 24.3. The SMILES string of the molecule is CNC1CCC2CCCC2N(C2CC2)C1=O.CNC1CCC2CCCC2N(C2CCCC2)C1=O.CNC1CCC2CCCC2N(C2CCCCCC2)C1=O.CNC1CCC2CCCC2N(CC(=O)OC)C1=O. The van der Waals surface area contributed by atoms with Gasteiger partial charge in [-0.15, -0.1) is 0 Å². The molecule has 14 nitrogen and oxygen atoms in total. The third kappa shape index (κ3) is 13.0. The lowest BCUT2D eigenvalue weighted by Gasteiger charge is -2.38. The first-order valence-electron chi connectivity index (χ1n) is 30.1. The average Bonchev–Trinajstić information content (AvgIpc) is 3.79. The third-order valence-electron chi connectivity index (χ3n) is 20.3. The minimum absolute atomic E-state index is 0.0531. The molecule has 0 radical (unpaired) electrons. The quantitative estimate of drug-likeness (QED) is 0.135. The van der Waals surface area contributed by atoms with E-state index in [0.29, 0.717) is 59.9 Å². The number of hydrogen-bond donors (Lipinski definition) is 4. The van der Waals surface area contributed by atoms with Gasteiger partial charge in [0, 0.05) is 42.3 Å². The van der Waals surface area contributed by atoms with E-state index in [4.69, 9.17) is 4.74 Å². The predicted molar refractivity (Wildman–Crippen MR) is 284 cm³/mol. The second kappa shape index (κ2) is 26.8. The van der Waals surface area contributed by atoms with Crippen molar-refractivity contribution < 1.29 is 28.7 Å². The number of carbonyl (C=O) groups is 5. The standard InChI is InChI=1S/C17H30N2O.C15H26N2O.C13H22N2O3.C13H22N2O/c1-18-15-12-11-13-7-6-10-16(13)19(17(15)20)14-8-4-2-3-5-9-14;1-16-13-10-9-11-5-4-8-14(11)17(15(13)18)12-6-2-3-7-12;1-14-10-7-6-9-4-3-5-11(9)15(13(10)17)8-12(16)18-2;1-14-11-8-5-9-3-2-4-12(9)15(13(11)16)10-6-7-10/h13-16,18H,2-12H2,1H3;11-14,16H,2-10H2,1H3;9-11,14H,3-8H2,1-2H3;9-12,14H,2-8H2,1H3. The number of likely N-dealkylation sites (N-methyl/N-ethyl adjacent to an activating group) is 4. The largest absolute Gasteiger partial charge is 0.468 e. The Hall–Kier alpha value is -2.81. The maximum absolute atomic E-state index is 13.0. The normalized spacial score (nSPS) is 36.5. The van der Waals surface area contributed by atoms with Crippen LogP contribution in [0.4, 0.5) is 0 Å². The van der Waals surface area contributed by atoms with Gasteiger partial charge in [0.1, 0.15) is 6.54 Å². The third-order valence-corrected chi connectivity index (χ3v) is 20.3. The Labute approximate surface area is 435 Å². The van der Waals surface area contributed by atoms with Crippen LogP contribution in [0.2, 0.25) is 0 Å². The van der Waals surface area contributed by atoms with Gasteiger partial charge in [-0.3, -0.25) is 24.0 Å². The van der Waals surface area contributed by atoms with Gasteiger partial charge >= 0.3 is 5.97 Å². The zero-order valence-electron chi connectivity index (χ0n) is 45.7. The highest BCUT2D eigenvalue weighted by molar-refractivity contribution is 5.87. The summed E-state index contributed by atoms with van der Waals surface area (Å²) in [6.07, 6.45) is 39.4. The van der Waals surface area contributed by atoms with Gasteiger partial charge in [0.05, 0.1) is 31.3 Å². The topological polar surface area (TPSA) is 156 Å². The summed E-state index contributed by atoms with van der Waals surface area (Å²) in [5.74, 6) is 3.84. The van der Waals surface area contributed by atoms with Crippen LogP contribution in [0.3, 0.4) is 0 Å². The van der Waals surface area contributed by atoms with Gasteiger partial charge in [-0.1, -0.05) is 64.2 Å². The summed E-state index contributed by atoms with van der Waals surface area (Å²) in [5, 5.41) is 12.8. The van der Waals surface area contributed by atoms with Crippen LogP contribution in [0, 0.1) is 23.7 Å². The van der Waals surface area contributed by atoms with Crippen LogP contribution in [0.25, 0.3) is 0 Å². The fourth-order valence-electron chi connectivity index (χ4n) is 16.2. The van der Waals surface area contributed by atoms with E-state index in [9.17, 15) is 24.0 Å². The number of methoxy groups -OCH3 is 1. The van der Waals surface area contributed by atoms with Gasteiger partial charge < -0.3 is 45.6 Å². The number of hydrogen-bond acceptors (Lipinski definition) is 10. The van der Waals surface area contributed by atoms with Gasteiger partial charge in [0.25, 0.3) is 0 Å². The molecule has 4 heterocycles. The molecule has 11 aliphatic rings. The molecule has 4 amide bonds. The Bertz CT molecular complexity index is 1770. The van der Waals surface area contributed by atoms with E-state index in [1.54, 1.807) is 11.9 Å². The molecule has 12 atom stereocenters. The van der Waals surface area contributed by atoms with Gasteiger partial charge in [0.2, 0.25) is 23.6 Å². The fourth-order valence-corrected chi connectivity index (χ4v) is 16.2. The van der Waals surface area contributed by atoms with Crippen LogP contribution in [0.5, 0.6) is 0 Å². The maximum Gasteiger partial charge on any atom is 0.325 e. The summed E-state index contributed by atoms with van der Waals surface area (Å²) in [5.41, 5.74) is 0. The van der Waals surface area contributed by atoms with E-state index >= 15 is 0 Å². The Morgan fingerprint density at radius 1 is 0.375 bits per heavy atom. The summed E-state index contributed by atoms with van der Waals surface area (Å²) in [6.45, 7) is 0.0919. The number of nitrogens with zero attached hydrogens (tertiary/aromatic N) is 4. The highest BCUT2D eigenvalue weighted by Gasteiger charge is 2.48. The molecule has 4 saturated heterocycles. The Balaban J connectivity index is 0.000000129. The van der Waals surface area contributed by atoms with Crippen molar-refractivity contribution in [2.45, 2.75) is 272 Å². The number of rotatable bonds is 9. The molecule has 0 aromatic rings. The predicted octanol–water partition coefficient (Wildman–Crippen LogP) is 7.46. The van der Waals surface area contributed by atoms with Crippen molar-refractivity contribution >= 4 is 29.6 Å². The molecule has 0 aromatic carbocycles. The van der Waals surface area contributed by atoms with Gasteiger partial charge in [-0.25, -0.2) is 0 Å². The molecule has 0 aromatic heterocycles. The fraction of sp³-hybridized carbons (Fsp3) is 0.914. The first-order chi connectivity index (χ1) is 35.1. The summed E-state index contributed by atoms with van der Waals surface area (Å²) in [6, 6.07) is 3.70. The summed E-state index contributed by atoms with van der Waals surface area (Å²) in [4.78, 5) is 70.9. The lowest BCUT2D eigenvalue weighted by atomic mass is 9.96. The van der Waals surface area contributed by atoms with E-state index in [0.717, 1.165) is 62.7 Å². The molecule has 408 valence electrons. The smallest absolute Gasteiger partial charge is 0.325 e. The number of carbonyl (C=O) groups excluding carboxylic acids is 5. The molecule has 7 saturated carbocycles. The first kappa shape index (κ1) is 55.4. The zero-order valence-corrected chi connectivity index (χ0v) is 45.7. The van der Waals surface area contributed by atoms with Crippen LogP contribution >= 0.6 is 0 Å². The Kier molecular flexibility index (Phi) is 20.6. The molecule has 0 spiro atoms. The van der Waals surface area contributed by atoms with Crippen molar-refractivity contribution in [2.75, 3.05) is 41.8 Å². The number of likely N-dealkylation sites (tertiary alicyclic amines) is 4. The van der Waals surface area contributed by atoms with Crippen molar-refractivity contribution in [3.8, 4) is 0 Å². The van der Waals surface area contributed by atoms with Crippen LogP contribution in [0.15, 0.2) is 0 Å². The Morgan fingerprint density at radius 2 is 0.681 bits per heavy atom. The molecule has 11 fully saturated rings. The lowest BCUT2D eigenvalue weighted by Crippen LogP contribution is -2.52. The highest BCUT2D eigenvalue weighted by Crippen LogP contribution is 2.44. The summed E-state index contributed by atoms with van der Waals surface area (Å²) in [7, 11) is 8.99. The van der Waals surface area contributed by atoms with Crippen LogP contribution in [0.1, 0.15) is 205 Å². The number of nitrogens with one attached hydrogen (secondary N) is 4. The molecule has 72 heavy (non-hydrogen) atoms. The van der Waals surface area contributed by atoms with Crippen LogP contribution in [-0.4, -0.2) is 158 Å². The molecule has 4 aliphatic heterocycles. The van der Waals surface area contributed by atoms with Crippen LogP contribution in [-0.2, 0) is 28.7 Å². The minimum atomic E-state index is -0.328. The molecule has 14 heteroatoms. The summed E-state index contributed by atoms with van der Waals surface area (Å²) < 4.78 is 4.71. The molecule has 0 bridgehead atoms. The molecular formula is C58H100N8O6. The molecule has 7 aliphatic carbocycles. The highest BCUT2D eigenvalue weighted by atomic mass is 16.5. The van der Waals surface area contributed by atoms with Crippen LogP contribution < -0.4 is 21.3 Å². The summed E-state index contributed by atoms with van der Waals surface area (Å²) >= 11 is 0. The first-order valence-corrected chi connectivity index (χ1v) is 30.1. The van der Waals surface area contributed by atoms with E-state index < -0.39 is 0 Å². The van der Waals surface area contributed by atoms with Crippen molar-refractivity contribution in [2.24, 2.45) is 23.7 Å². The lowest BCUT2D eigenvalue weighted by molar-refractivity contribution is -0.149. The average molecular weight is 1010 g/mol. The number of esters is 1. The van der Waals surface area contributed by atoms with E-state index in [2.05, 4.69) is 36.0 Å². The van der Waals surface area contributed by atoms with Gasteiger partial charge in [-0.2, -0.15) is 0 Å². The van der Waals surface area contributed by atoms with E-state index in [1.807, 2.05) is 21.1 Å². The maximum atomic E-state index is 13.0. The van der Waals surface area contributed by atoms with Gasteiger partial charge in [-0.05, 0) is 193 Å². The number of ether oxygens (including phenoxy) is 1. The second-order valence-corrected chi connectivity index (χ2v) is 24.3. The van der Waals surface area contributed by atoms with Crippen molar-refractivity contribution in [1.29, 1.82) is 0 Å². The monoisotopic (exact) mass is 1000 g/mol. The van der Waals surface area contributed by atoms with Gasteiger partial charge in [0.15, 0.2) is 0 Å². The molecule has 4 N–H and O–H groups in total. The Morgan fingerprint density at radius 3 is 1.01 bits per heavy atom. The van der Waals surface area contributed by atoms with Crippen molar-refractivity contribution in [3.63, 3.8) is 0 Å². The zero-order chi connectivity index (χ0) is 50.7. The van der Waals surface area contributed by atoms with Crippen molar-refractivity contribution in [3.05, 3.63) is 0 Å².